The zero-order chi connectivity index (χ0) is 20.9. The summed E-state index contributed by atoms with van der Waals surface area (Å²) in [6.07, 6.45) is 3.16. The van der Waals surface area contributed by atoms with Crippen LogP contribution in [0.3, 0.4) is 0 Å². The third kappa shape index (κ3) is 3.89. The molecule has 2 aromatic carbocycles. The number of carbonyl (C=O) groups excluding carboxylic acids is 2. The summed E-state index contributed by atoms with van der Waals surface area (Å²) in [7, 11) is 0. The Morgan fingerprint density at radius 1 is 0.900 bits per heavy atom. The van der Waals surface area contributed by atoms with Gasteiger partial charge in [-0.15, -0.1) is 0 Å². The molecule has 0 aliphatic carbocycles. The Hall–Kier alpha value is -4.06. The highest BCUT2D eigenvalue weighted by molar-refractivity contribution is 6.10. The molecular formula is C24H20N4O2. The molecule has 4 aromatic rings. The Morgan fingerprint density at radius 3 is 2.50 bits per heavy atom. The third-order valence-electron chi connectivity index (χ3n) is 4.75. The fraction of sp³-hybridized carbons (Fsp3) is 0.0833. The number of nitrogens with one attached hydrogen (secondary N) is 1. The van der Waals surface area contributed by atoms with Crippen LogP contribution in [0, 0.1) is 0 Å². The van der Waals surface area contributed by atoms with Crippen molar-refractivity contribution in [3.63, 3.8) is 0 Å². The minimum absolute atomic E-state index is 0.212. The summed E-state index contributed by atoms with van der Waals surface area (Å²) < 4.78 is 0. The van der Waals surface area contributed by atoms with E-state index in [9.17, 15) is 9.59 Å². The number of carbonyl (C=O) groups is 2. The van der Waals surface area contributed by atoms with E-state index in [1.54, 1.807) is 23.2 Å². The minimum Gasteiger partial charge on any atom is -0.320 e. The van der Waals surface area contributed by atoms with Gasteiger partial charge >= 0.3 is 0 Å². The van der Waals surface area contributed by atoms with Crippen molar-refractivity contribution >= 4 is 34.1 Å². The molecule has 6 heteroatoms. The molecule has 0 fully saturated rings. The van der Waals surface area contributed by atoms with Crippen molar-refractivity contribution < 1.29 is 9.59 Å². The number of benzene rings is 2. The summed E-state index contributed by atoms with van der Waals surface area (Å²) in [6.45, 7) is 2.39. The van der Waals surface area contributed by atoms with E-state index < -0.39 is 0 Å². The Labute approximate surface area is 174 Å². The number of anilines is 2. The van der Waals surface area contributed by atoms with Gasteiger partial charge in [-0.05, 0) is 43.3 Å². The molecule has 0 saturated carbocycles. The second kappa shape index (κ2) is 8.53. The van der Waals surface area contributed by atoms with Crippen LogP contribution < -0.4 is 10.2 Å². The molecule has 0 unspecified atom stereocenters. The van der Waals surface area contributed by atoms with Crippen molar-refractivity contribution in [3.05, 3.63) is 96.4 Å². The summed E-state index contributed by atoms with van der Waals surface area (Å²) in [5, 5.41) is 3.82. The van der Waals surface area contributed by atoms with Crippen LogP contribution in [0.1, 0.15) is 27.8 Å². The van der Waals surface area contributed by atoms with Crippen LogP contribution in [-0.4, -0.2) is 28.3 Å². The van der Waals surface area contributed by atoms with Gasteiger partial charge in [0.2, 0.25) is 0 Å². The van der Waals surface area contributed by atoms with E-state index in [0.717, 1.165) is 11.1 Å². The van der Waals surface area contributed by atoms with Crippen LogP contribution in [0.2, 0.25) is 0 Å². The molecule has 0 atom stereocenters. The molecule has 1 N–H and O–H groups in total. The molecule has 0 bridgehead atoms. The quantitative estimate of drug-likeness (QED) is 0.537. The van der Waals surface area contributed by atoms with Gasteiger partial charge in [0.05, 0.1) is 11.2 Å². The smallest absolute Gasteiger partial charge is 0.276 e. The van der Waals surface area contributed by atoms with E-state index in [2.05, 4.69) is 15.3 Å². The van der Waals surface area contributed by atoms with Gasteiger partial charge in [0.15, 0.2) is 0 Å². The average molecular weight is 396 g/mol. The maximum absolute atomic E-state index is 13.0. The first-order valence-electron chi connectivity index (χ1n) is 9.65. The Bertz CT molecular complexity index is 1200. The number of para-hydroxylation sites is 2. The van der Waals surface area contributed by atoms with Gasteiger partial charge in [0.1, 0.15) is 5.69 Å². The number of pyridine rings is 2. The molecule has 0 radical (unpaired) electrons. The van der Waals surface area contributed by atoms with Crippen molar-refractivity contribution in [1.29, 1.82) is 0 Å². The number of hydrogen-bond acceptors (Lipinski definition) is 4. The second-order valence-corrected chi connectivity index (χ2v) is 6.65. The molecule has 0 saturated heterocycles. The maximum Gasteiger partial charge on any atom is 0.276 e. The van der Waals surface area contributed by atoms with E-state index in [1.807, 2.05) is 61.5 Å². The maximum atomic E-state index is 13.0. The van der Waals surface area contributed by atoms with Crippen LogP contribution in [0.4, 0.5) is 11.4 Å². The van der Waals surface area contributed by atoms with E-state index in [-0.39, 0.29) is 17.5 Å². The monoisotopic (exact) mass is 396 g/mol. The van der Waals surface area contributed by atoms with Gasteiger partial charge in [-0.1, -0.05) is 36.4 Å². The van der Waals surface area contributed by atoms with E-state index >= 15 is 0 Å². The number of rotatable bonds is 5. The molecule has 148 valence electrons. The highest BCUT2D eigenvalue weighted by Crippen LogP contribution is 2.22. The van der Waals surface area contributed by atoms with E-state index in [0.29, 0.717) is 23.3 Å². The van der Waals surface area contributed by atoms with Crippen LogP contribution in [0.25, 0.3) is 10.9 Å². The van der Waals surface area contributed by atoms with Crippen molar-refractivity contribution in [2.45, 2.75) is 6.92 Å². The number of amides is 2. The lowest BCUT2D eigenvalue weighted by Gasteiger charge is -2.20. The lowest BCUT2D eigenvalue weighted by Crippen LogP contribution is -2.31. The summed E-state index contributed by atoms with van der Waals surface area (Å²) in [4.78, 5) is 36.0. The largest absolute Gasteiger partial charge is 0.320 e. The molecule has 30 heavy (non-hydrogen) atoms. The second-order valence-electron chi connectivity index (χ2n) is 6.65. The molecule has 0 spiro atoms. The van der Waals surface area contributed by atoms with Gasteiger partial charge in [0.25, 0.3) is 11.8 Å². The van der Waals surface area contributed by atoms with E-state index in [1.165, 1.54) is 12.3 Å². The molecule has 2 heterocycles. The van der Waals surface area contributed by atoms with Crippen molar-refractivity contribution in [2.75, 3.05) is 16.8 Å². The predicted molar refractivity (Wildman–Crippen MR) is 118 cm³/mol. The Balaban J connectivity index is 1.59. The standard InChI is InChI=1S/C24H20N4O2/c1-2-28(19-10-4-3-5-11-19)24(30)21-16-18(13-15-25-21)23(29)27-20-12-6-8-17-9-7-14-26-22(17)20/h3-16H,2H2,1H3,(H,27,29). The SMILES string of the molecule is CCN(C(=O)c1cc(C(=O)Nc2cccc3cccnc23)ccn1)c1ccccc1. The van der Waals surface area contributed by atoms with Crippen LogP contribution in [0.5, 0.6) is 0 Å². The number of fused-ring (bicyclic) bond motifs is 1. The molecule has 4 rings (SSSR count). The van der Waals surface area contributed by atoms with Gasteiger partial charge in [-0.25, -0.2) is 0 Å². The third-order valence-corrected chi connectivity index (χ3v) is 4.75. The molecule has 2 aromatic heterocycles. The highest BCUT2D eigenvalue weighted by atomic mass is 16.2. The fourth-order valence-electron chi connectivity index (χ4n) is 3.28. The highest BCUT2D eigenvalue weighted by Gasteiger charge is 2.19. The molecule has 0 aliphatic rings. The van der Waals surface area contributed by atoms with E-state index in [4.69, 9.17) is 0 Å². The predicted octanol–water partition coefficient (Wildman–Crippen LogP) is 4.55. The normalized spacial score (nSPS) is 10.6. The minimum atomic E-state index is -0.327. The average Bonchev–Trinajstić information content (AvgIpc) is 2.80. The fourth-order valence-corrected chi connectivity index (χ4v) is 3.28. The summed E-state index contributed by atoms with van der Waals surface area (Å²) >= 11 is 0. The summed E-state index contributed by atoms with van der Waals surface area (Å²) in [6, 6.07) is 21.9. The van der Waals surface area contributed by atoms with Gasteiger partial charge in [0, 0.05) is 35.6 Å². The zero-order valence-electron chi connectivity index (χ0n) is 16.4. The van der Waals surface area contributed by atoms with Gasteiger partial charge in [-0.3, -0.25) is 19.6 Å². The number of nitrogens with zero attached hydrogens (tertiary/aromatic N) is 3. The first-order chi connectivity index (χ1) is 14.7. The van der Waals surface area contributed by atoms with Crippen molar-refractivity contribution in [2.24, 2.45) is 0 Å². The number of hydrogen-bond donors (Lipinski definition) is 1. The van der Waals surface area contributed by atoms with Crippen molar-refractivity contribution in [3.8, 4) is 0 Å². The van der Waals surface area contributed by atoms with Crippen LogP contribution in [0.15, 0.2) is 85.2 Å². The van der Waals surface area contributed by atoms with Crippen LogP contribution in [-0.2, 0) is 0 Å². The lowest BCUT2D eigenvalue weighted by atomic mass is 10.1. The first kappa shape index (κ1) is 19.3. The topological polar surface area (TPSA) is 75.2 Å². The van der Waals surface area contributed by atoms with Crippen LogP contribution >= 0.6 is 0 Å². The first-order valence-corrected chi connectivity index (χ1v) is 9.65. The van der Waals surface area contributed by atoms with Gasteiger partial charge in [-0.2, -0.15) is 0 Å². The zero-order valence-corrected chi connectivity index (χ0v) is 16.4. The Morgan fingerprint density at radius 2 is 1.70 bits per heavy atom. The Kier molecular flexibility index (Phi) is 5.48. The van der Waals surface area contributed by atoms with Crippen molar-refractivity contribution in [1.82, 2.24) is 9.97 Å². The summed E-state index contributed by atoms with van der Waals surface area (Å²) in [5.41, 5.74) is 2.67. The van der Waals surface area contributed by atoms with Gasteiger partial charge < -0.3 is 10.2 Å². The molecule has 6 nitrogen and oxygen atoms in total. The lowest BCUT2D eigenvalue weighted by molar-refractivity contribution is 0.0983. The molecular weight excluding hydrogens is 376 g/mol. The number of aromatic nitrogens is 2. The molecule has 2 amide bonds. The molecule has 0 aliphatic heterocycles. The summed E-state index contributed by atoms with van der Waals surface area (Å²) in [5.74, 6) is -0.586.